The lowest BCUT2D eigenvalue weighted by Crippen LogP contribution is -2.46. The van der Waals surface area contributed by atoms with Crippen molar-refractivity contribution in [3.8, 4) is 0 Å². The molecule has 1 aliphatic heterocycles. The molecule has 34 heavy (non-hydrogen) atoms. The number of nitrogens with zero attached hydrogens (tertiary/aromatic N) is 3. The molecule has 4 rings (SSSR count). The molecule has 0 spiro atoms. The van der Waals surface area contributed by atoms with Crippen LogP contribution in [0, 0.1) is 0 Å². The number of carbonyl (C=O) groups is 1. The van der Waals surface area contributed by atoms with Gasteiger partial charge in [0.15, 0.2) is 0 Å². The first-order valence-electron chi connectivity index (χ1n) is 11.3. The molecule has 2 heterocycles. The molecule has 1 aromatic heterocycles. The number of benzene rings is 2. The highest BCUT2D eigenvalue weighted by molar-refractivity contribution is 5.96. The van der Waals surface area contributed by atoms with Gasteiger partial charge in [0.05, 0.1) is 11.5 Å². The lowest BCUT2D eigenvalue weighted by molar-refractivity contribution is -0.137. The van der Waals surface area contributed by atoms with Gasteiger partial charge in [-0.15, -0.1) is 0 Å². The number of aromatic nitrogens is 1. The summed E-state index contributed by atoms with van der Waals surface area (Å²) in [4.78, 5) is 21.0. The number of hydrogen-bond acceptors (Lipinski definition) is 4. The highest BCUT2D eigenvalue weighted by atomic mass is 19.4. The topological polar surface area (TPSA) is 48.5 Å². The zero-order valence-electron chi connectivity index (χ0n) is 18.9. The van der Waals surface area contributed by atoms with Crippen LogP contribution in [0.15, 0.2) is 72.9 Å². The number of piperazine rings is 1. The number of amides is 1. The maximum absolute atomic E-state index is 13.0. The molecule has 1 atom stereocenters. The van der Waals surface area contributed by atoms with Gasteiger partial charge >= 0.3 is 6.18 Å². The molecule has 1 amide bonds. The third-order valence-corrected chi connectivity index (χ3v) is 6.10. The van der Waals surface area contributed by atoms with Crippen molar-refractivity contribution in [1.82, 2.24) is 4.98 Å². The van der Waals surface area contributed by atoms with E-state index in [1.807, 2.05) is 66.4 Å². The monoisotopic (exact) mass is 468 g/mol. The molecule has 178 valence electrons. The van der Waals surface area contributed by atoms with Gasteiger partial charge in [-0.3, -0.25) is 4.79 Å². The van der Waals surface area contributed by atoms with Crippen molar-refractivity contribution >= 4 is 23.1 Å². The second-order valence-corrected chi connectivity index (χ2v) is 8.28. The van der Waals surface area contributed by atoms with E-state index >= 15 is 0 Å². The Hall–Kier alpha value is -3.55. The minimum atomic E-state index is -4.38. The Labute approximate surface area is 197 Å². The lowest BCUT2D eigenvalue weighted by atomic mass is 9.95. The molecule has 2 aromatic carbocycles. The third-order valence-electron chi connectivity index (χ3n) is 6.10. The summed E-state index contributed by atoms with van der Waals surface area (Å²) in [5.41, 5.74) is 2.04. The summed E-state index contributed by atoms with van der Waals surface area (Å²) >= 11 is 0. The van der Waals surface area contributed by atoms with E-state index in [1.54, 1.807) is 0 Å². The quantitative estimate of drug-likeness (QED) is 0.515. The molecule has 0 radical (unpaired) electrons. The van der Waals surface area contributed by atoms with Gasteiger partial charge in [-0.1, -0.05) is 37.3 Å². The standard InChI is InChI=1S/C26H27F3N4O/c1-2-23(19-6-4-3-5-7-19)25(34)31-21-8-10-22(11-9-21)32-14-16-33(17-15-32)24-18-20(12-13-30-24)26(27,28)29/h3-13,18,23H,2,14-17H2,1H3,(H,31,34)/t23-/m0/s1. The van der Waals surface area contributed by atoms with E-state index in [4.69, 9.17) is 0 Å². The fourth-order valence-corrected chi connectivity index (χ4v) is 4.20. The Balaban J connectivity index is 1.35. The lowest BCUT2D eigenvalue weighted by Gasteiger charge is -2.37. The van der Waals surface area contributed by atoms with Crippen molar-refractivity contribution in [3.05, 3.63) is 84.1 Å². The molecular formula is C26H27F3N4O. The fraction of sp³-hybridized carbons (Fsp3) is 0.308. The van der Waals surface area contributed by atoms with Gasteiger partial charge < -0.3 is 15.1 Å². The highest BCUT2D eigenvalue weighted by Crippen LogP contribution is 2.31. The summed E-state index contributed by atoms with van der Waals surface area (Å²) in [7, 11) is 0. The Kier molecular flexibility index (Phi) is 7.05. The molecule has 0 saturated carbocycles. The van der Waals surface area contributed by atoms with Gasteiger partial charge in [-0.2, -0.15) is 13.2 Å². The number of anilines is 3. The number of pyridine rings is 1. The molecule has 0 unspecified atom stereocenters. The van der Waals surface area contributed by atoms with Crippen LogP contribution in [0.25, 0.3) is 0 Å². The molecule has 8 heteroatoms. The van der Waals surface area contributed by atoms with Crippen molar-refractivity contribution in [2.75, 3.05) is 41.3 Å². The van der Waals surface area contributed by atoms with Gasteiger partial charge in [0.25, 0.3) is 0 Å². The van der Waals surface area contributed by atoms with Gasteiger partial charge in [-0.25, -0.2) is 4.98 Å². The normalized spacial score (nSPS) is 15.2. The average Bonchev–Trinajstić information content (AvgIpc) is 2.85. The summed E-state index contributed by atoms with van der Waals surface area (Å²) in [6, 6.07) is 19.5. The molecule has 1 fully saturated rings. The van der Waals surface area contributed by atoms with E-state index in [-0.39, 0.29) is 11.8 Å². The van der Waals surface area contributed by atoms with Gasteiger partial charge in [0, 0.05) is 43.8 Å². The van der Waals surface area contributed by atoms with Crippen molar-refractivity contribution in [2.24, 2.45) is 0 Å². The summed E-state index contributed by atoms with van der Waals surface area (Å²) < 4.78 is 39.0. The largest absolute Gasteiger partial charge is 0.416 e. The zero-order valence-corrected chi connectivity index (χ0v) is 18.9. The van der Waals surface area contributed by atoms with Crippen molar-refractivity contribution in [1.29, 1.82) is 0 Å². The SMILES string of the molecule is CC[C@H](C(=O)Nc1ccc(N2CCN(c3cc(C(F)(F)F)ccn3)CC2)cc1)c1ccccc1. The molecule has 1 saturated heterocycles. The maximum atomic E-state index is 13.0. The number of nitrogens with one attached hydrogen (secondary N) is 1. The van der Waals surface area contributed by atoms with Crippen molar-refractivity contribution in [2.45, 2.75) is 25.4 Å². The average molecular weight is 469 g/mol. The summed E-state index contributed by atoms with van der Waals surface area (Å²) in [5.74, 6) is 0.0958. The second-order valence-electron chi connectivity index (χ2n) is 8.28. The van der Waals surface area contributed by atoms with Gasteiger partial charge in [0.2, 0.25) is 5.91 Å². The minimum Gasteiger partial charge on any atom is -0.368 e. The first-order valence-corrected chi connectivity index (χ1v) is 11.3. The van der Waals surface area contributed by atoms with Crippen LogP contribution in [0.2, 0.25) is 0 Å². The molecule has 0 aliphatic carbocycles. The van der Waals surface area contributed by atoms with Gasteiger partial charge in [-0.05, 0) is 48.4 Å². The first kappa shape index (κ1) is 23.6. The van der Waals surface area contributed by atoms with Crippen LogP contribution in [0.5, 0.6) is 0 Å². The molecule has 1 aliphatic rings. The molecule has 1 N–H and O–H groups in total. The Morgan fingerprint density at radius 2 is 1.62 bits per heavy atom. The zero-order chi connectivity index (χ0) is 24.1. The predicted octanol–water partition coefficient (Wildman–Crippen LogP) is 5.56. The van der Waals surface area contributed by atoms with E-state index in [2.05, 4.69) is 15.2 Å². The van der Waals surface area contributed by atoms with E-state index in [0.717, 1.165) is 29.1 Å². The third kappa shape index (κ3) is 5.50. The summed E-state index contributed by atoms with van der Waals surface area (Å²) in [6.07, 6.45) is -2.47. The predicted molar refractivity (Wildman–Crippen MR) is 128 cm³/mol. The van der Waals surface area contributed by atoms with Crippen LogP contribution in [0.3, 0.4) is 0 Å². The number of halogens is 3. The van der Waals surface area contributed by atoms with Crippen molar-refractivity contribution < 1.29 is 18.0 Å². The Morgan fingerprint density at radius 1 is 0.971 bits per heavy atom. The van der Waals surface area contributed by atoms with E-state index < -0.39 is 11.7 Å². The molecule has 0 bridgehead atoms. The van der Waals surface area contributed by atoms with E-state index in [9.17, 15) is 18.0 Å². The van der Waals surface area contributed by atoms with Crippen molar-refractivity contribution in [3.63, 3.8) is 0 Å². The van der Waals surface area contributed by atoms with E-state index in [0.29, 0.717) is 38.4 Å². The smallest absolute Gasteiger partial charge is 0.368 e. The van der Waals surface area contributed by atoms with E-state index in [1.165, 1.54) is 6.20 Å². The summed E-state index contributed by atoms with van der Waals surface area (Å²) in [6.45, 7) is 4.46. The van der Waals surface area contributed by atoms with Crippen LogP contribution in [-0.2, 0) is 11.0 Å². The second kappa shape index (κ2) is 10.2. The minimum absolute atomic E-state index is 0.0383. The van der Waals surface area contributed by atoms with Crippen LogP contribution < -0.4 is 15.1 Å². The Morgan fingerprint density at radius 3 is 2.24 bits per heavy atom. The highest BCUT2D eigenvalue weighted by Gasteiger charge is 2.31. The molecule has 3 aromatic rings. The Bertz CT molecular complexity index is 1100. The number of rotatable bonds is 6. The maximum Gasteiger partial charge on any atom is 0.416 e. The number of carbonyl (C=O) groups excluding carboxylic acids is 1. The van der Waals surface area contributed by atoms with Crippen LogP contribution in [-0.4, -0.2) is 37.1 Å². The van der Waals surface area contributed by atoms with Crippen LogP contribution >= 0.6 is 0 Å². The number of hydrogen-bond donors (Lipinski definition) is 1. The summed E-state index contributed by atoms with van der Waals surface area (Å²) in [5, 5.41) is 3.00. The molecule has 5 nitrogen and oxygen atoms in total. The van der Waals surface area contributed by atoms with Gasteiger partial charge in [0.1, 0.15) is 5.82 Å². The number of alkyl halides is 3. The van der Waals surface area contributed by atoms with Crippen LogP contribution in [0.1, 0.15) is 30.4 Å². The fourth-order valence-electron chi connectivity index (χ4n) is 4.20. The molecular weight excluding hydrogens is 441 g/mol. The van der Waals surface area contributed by atoms with Crippen LogP contribution in [0.4, 0.5) is 30.4 Å². The first-order chi connectivity index (χ1) is 16.3.